The molecule has 1 aliphatic rings. The fourth-order valence-electron chi connectivity index (χ4n) is 1.47. The molecular weight excluding hydrogens is 248 g/mol. The molecule has 1 aliphatic heterocycles. The standard InChI is InChI=1S/C9H16N2O5S/c1-2-16-9(13)7-17(14,15)11-5-3-8(12)10-4-6-11/h2-7H2,1H3,(H,10,12). The van der Waals surface area contributed by atoms with Crippen LogP contribution in [0.4, 0.5) is 0 Å². The topological polar surface area (TPSA) is 92.8 Å². The van der Waals surface area contributed by atoms with Crippen LogP contribution in [-0.4, -0.2) is 56.6 Å². The minimum Gasteiger partial charge on any atom is -0.465 e. The third kappa shape index (κ3) is 4.31. The number of esters is 1. The van der Waals surface area contributed by atoms with Crippen molar-refractivity contribution in [2.24, 2.45) is 0 Å². The van der Waals surface area contributed by atoms with Crippen LogP contribution in [0, 0.1) is 0 Å². The van der Waals surface area contributed by atoms with Crippen molar-refractivity contribution < 1.29 is 22.7 Å². The first-order chi connectivity index (χ1) is 7.95. The van der Waals surface area contributed by atoms with Crippen LogP contribution in [0.15, 0.2) is 0 Å². The van der Waals surface area contributed by atoms with Crippen LogP contribution >= 0.6 is 0 Å². The monoisotopic (exact) mass is 264 g/mol. The fraction of sp³-hybridized carbons (Fsp3) is 0.778. The average Bonchev–Trinajstić information content (AvgIpc) is 2.42. The van der Waals surface area contributed by atoms with Gasteiger partial charge in [-0.05, 0) is 6.92 Å². The number of nitrogens with one attached hydrogen (secondary N) is 1. The van der Waals surface area contributed by atoms with Gasteiger partial charge in [0.25, 0.3) is 0 Å². The maximum atomic E-state index is 11.8. The van der Waals surface area contributed by atoms with E-state index in [1.54, 1.807) is 6.92 Å². The minimum absolute atomic E-state index is 0.105. The van der Waals surface area contributed by atoms with Crippen LogP contribution in [0.5, 0.6) is 0 Å². The summed E-state index contributed by atoms with van der Waals surface area (Å²) in [6, 6.07) is 0. The molecule has 1 N–H and O–H groups in total. The highest BCUT2D eigenvalue weighted by Crippen LogP contribution is 2.05. The van der Waals surface area contributed by atoms with Crippen LogP contribution in [0.1, 0.15) is 13.3 Å². The summed E-state index contributed by atoms with van der Waals surface area (Å²) in [6.45, 7) is 2.31. The first-order valence-electron chi connectivity index (χ1n) is 5.36. The van der Waals surface area contributed by atoms with Gasteiger partial charge in [-0.25, -0.2) is 8.42 Å². The van der Waals surface area contributed by atoms with Gasteiger partial charge < -0.3 is 10.1 Å². The van der Waals surface area contributed by atoms with Gasteiger partial charge in [0.1, 0.15) is 0 Å². The average molecular weight is 264 g/mol. The highest BCUT2D eigenvalue weighted by molar-refractivity contribution is 7.89. The number of ether oxygens (including phenoxy) is 1. The van der Waals surface area contributed by atoms with Gasteiger partial charge in [0.05, 0.1) is 6.61 Å². The van der Waals surface area contributed by atoms with Gasteiger partial charge >= 0.3 is 5.97 Å². The number of carbonyl (C=O) groups excluding carboxylic acids is 2. The van der Waals surface area contributed by atoms with Crippen LogP contribution in [0.25, 0.3) is 0 Å². The van der Waals surface area contributed by atoms with Gasteiger partial charge in [-0.3, -0.25) is 9.59 Å². The lowest BCUT2D eigenvalue weighted by Gasteiger charge is -2.18. The van der Waals surface area contributed by atoms with Gasteiger partial charge in [-0.2, -0.15) is 4.31 Å². The largest absolute Gasteiger partial charge is 0.465 e. The third-order valence-corrected chi connectivity index (χ3v) is 4.02. The number of nitrogens with zero attached hydrogens (tertiary/aromatic N) is 1. The van der Waals surface area contributed by atoms with Crippen LogP contribution < -0.4 is 5.32 Å². The van der Waals surface area contributed by atoms with Crippen molar-refractivity contribution in [1.29, 1.82) is 0 Å². The maximum absolute atomic E-state index is 11.8. The van der Waals surface area contributed by atoms with E-state index in [0.29, 0.717) is 0 Å². The fourth-order valence-corrected chi connectivity index (χ4v) is 2.77. The molecule has 0 saturated carbocycles. The molecule has 0 unspecified atom stereocenters. The number of amides is 1. The van der Waals surface area contributed by atoms with E-state index < -0.39 is 21.7 Å². The molecule has 0 atom stereocenters. The Balaban J connectivity index is 2.63. The zero-order valence-electron chi connectivity index (χ0n) is 9.64. The maximum Gasteiger partial charge on any atom is 0.322 e. The van der Waals surface area contributed by atoms with Crippen molar-refractivity contribution in [3.05, 3.63) is 0 Å². The number of rotatable bonds is 4. The van der Waals surface area contributed by atoms with Crippen molar-refractivity contribution in [1.82, 2.24) is 9.62 Å². The summed E-state index contributed by atoms with van der Waals surface area (Å²) in [7, 11) is -3.68. The molecule has 0 aliphatic carbocycles. The number of carbonyl (C=O) groups is 2. The lowest BCUT2D eigenvalue weighted by Crippen LogP contribution is -2.38. The molecule has 8 heteroatoms. The molecule has 1 heterocycles. The van der Waals surface area contributed by atoms with E-state index in [-0.39, 0.29) is 38.6 Å². The Morgan fingerprint density at radius 2 is 2.18 bits per heavy atom. The Labute approximate surface area is 100 Å². The van der Waals surface area contributed by atoms with E-state index in [0.717, 1.165) is 4.31 Å². The third-order valence-electron chi connectivity index (χ3n) is 2.27. The zero-order chi connectivity index (χ0) is 12.9. The van der Waals surface area contributed by atoms with Crippen molar-refractivity contribution in [2.75, 3.05) is 32.0 Å². The Kier molecular flexibility index (Phi) is 4.88. The van der Waals surface area contributed by atoms with Gasteiger partial charge in [-0.1, -0.05) is 0 Å². The molecule has 1 rings (SSSR count). The van der Waals surface area contributed by atoms with E-state index >= 15 is 0 Å². The van der Waals surface area contributed by atoms with Gasteiger partial charge in [0.15, 0.2) is 5.75 Å². The molecule has 1 saturated heterocycles. The smallest absolute Gasteiger partial charge is 0.322 e. The first kappa shape index (κ1) is 13.9. The molecule has 98 valence electrons. The molecule has 0 spiro atoms. The lowest BCUT2D eigenvalue weighted by atomic mass is 10.4. The number of hydrogen-bond donors (Lipinski definition) is 1. The van der Waals surface area contributed by atoms with Gasteiger partial charge in [-0.15, -0.1) is 0 Å². The number of sulfonamides is 1. The highest BCUT2D eigenvalue weighted by atomic mass is 32.2. The molecule has 0 aromatic heterocycles. The summed E-state index contributed by atoms with van der Waals surface area (Å²) in [5.41, 5.74) is 0. The Morgan fingerprint density at radius 3 is 2.82 bits per heavy atom. The Morgan fingerprint density at radius 1 is 1.47 bits per heavy atom. The molecule has 0 aromatic rings. The summed E-state index contributed by atoms with van der Waals surface area (Å²) in [5.74, 6) is -1.62. The molecule has 7 nitrogen and oxygen atoms in total. The minimum atomic E-state index is -3.68. The molecule has 0 radical (unpaired) electrons. The Hall–Kier alpha value is -1.15. The van der Waals surface area contributed by atoms with Crippen molar-refractivity contribution in [3.8, 4) is 0 Å². The molecule has 1 amide bonds. The Bertz CT molecular complexity index is 392. The van der Waals surface area contributed by atoms with E-state index in [1.165, 1.54) is 0 Å². The van der Waals surface area contributed by atoms with Crippen LogP contribution in [0.2, 0.25) is 0 Å². The summed E-state index contributed by atoms with van der Waals surface area (Å²) in [5, 5.41) is 2.56. The normalized spacial score (nSPS) is 18.3. The second-order valence-corrected chi connectivity index (χ2v) is 5.53. The molecule has 0 aromatic carbocycles. The van der Waals surface area contributed by atoms with Crippen LogP contribution in [-0.2, 0) is 24.3 Å². The summed E-state index contributed by atoms with van der Waals surface area (Å²) < 4.78 is 29.4. The van der Waals surface area contributed by atoms with Crippen molar-refractivity contribution in [3.63, 3.8) is 0 Å². The van der Waals surface area contributed by atoms with E-state index in [1.807, 2.05) is 0 Å². The lowest BCUT2D eigenvalue weighted by molar-refractivity contribution is -0.140. The number of hydrogen-bond acceptors (Lipinski definition) is 5. The summed E-state index contributed by atoms with van der Waals surface area (Å²) >= 11 is 0. The molecule has 0 bridgehead atoms. The van der Waals surface area contributed by atoms with Gasteiger partial charge in [0.2, 0.25) is 15.9 Å². The quantitative estimate of drug-likeness (QED) is 0.637. The SMILES string of the molecule is CCOC(=O)CS(=O)(=O)N1CCNC(=O)CC1. The summed E-state index contributed by atoms with van der Waals surface area (Å²) in [4.78, 5) is 22.2. The van der Waals surface area contributed by atoms with Gasteiger partial charge in [0, 0.05) is 26.1 Å². The molecule has 1 fully saturated rings. The summed E-state index contributed by atoms with van der Waals surface area (Å²) in [6.07, 6.45) is 0.113. The predicted octanol–water partition coefficient (Wildman–Crippen LogP) is -1.30. The van der Waals surface area contributed by atoms with E-state index in [2.05, 4.69) is 10.1 Å². The van der Waals surface area contributed by atoms with Crippen molar-refractivity contribution >= 4 is 21.9 Å². The zero-order valence-corrected chi connectivity index (χ0v) is 10.5. The van der Waals surface area contributed by atoms with E-state index in [4.69, 9.17) is 0 Å². The highest BCUT2D eigenvalue weighted by Gasteiger charge is 2.27. The van der Waals surface area contributed by atoms with Crippen LogP contribution in [0.3, 0.4) is 0 Å². The first-order valence-corrected chi connectivity index (χ1v) is 6.97. The molecule has 17 heavy (non-hydrogen) atoms. The predicted molar refractivity (Wildman–Crippen MR) is 59.6 cm³/mol. The second-order valence-electron chi connectivity index (χ2n) is 3.56. The second kappa shape index (κ2) is 5.97. The molecular formula is C9H16N2O5S. The van der Waals surface area contributed by atoms with E-state index in [9.17, 15) is 18.0 Å². The van der Waals surface area contributed by atoms with Crippen molar-refractivity contribution in [2.45, 2.75) is 13.3 Å².